The normalized spacial score (nSPS) is 15.7. The van der Waals surface area contributed by atoms with Gasteiger partial charge in [-0.3, -0.25) is 57.5 Å². The zero-order chi connectivity index (χ0) is 87.5. The van der Waals surface area contributed by atoms with Gasteiger partial charge in [0, 0.05) is 113 Å². The first-order valence-electron chi connectivity index (χ1n) is 41.0. The number of nitrogens with zero attached hydrogens (tertiary/aromatic N) is 7. The topological polar surface area (TPSA) is 296 Å². The quantitative estimate of drug-likeness (QED) is 0.0354. The summed E-state index contributed by atoms with van der Waals surface area (Å²) in [5, 5.41) is 7.46. The van der Waals surface area contributed by atoms with E-state index in [0.717, 1.165) is 15.3 Å². The molecule has 8 amide bonds. The molecule has 2 aromatic carbocycles. The highest BCUT2D eigenvalue weighted by Gasteiger charge is 2.52. The predicted molar refractivity (Wildman–Crippen MR) is 450 cm³/mol. The summed E-state index contributed by atoms with van der Waals surface area (Å²) < 4.78 is 18.7. The summed E-state index contributed by atoms with van der Waals surface area (Å²) in [7, 11) is 9.04. The Balaban J connectivity index is 2.57. The van der Waals surface area contributed by atoms with E-state index in [0.29, 0.717) is 6.42 Å². The minimum Gasteiger partial charge on any atom is -0.462 e. The first-order valence-corrected chi connectivity index (χ1v) is 42.9. The molecule has 14 atom stereocenters. The second-order valence-electron chi connectivity index (χ2n) is 34.8. The number of esters is 2. The van der Waals surface area contributed by atoms with Gasteiger partial charge in [0.1, 0.15) is 48.7 Å². The van der Waals surface area contributed by atoms with Gasteiger partial charge in [-0.2, -0.15) is 0 Å². The zero-order valence-corrected chi connectivity index (χ0v) is 75.8. The lowest BCUT2D eigenvalue weighted by Gasteiger charge is -2.44. The van der Waals surface area contributed by atoms with Crippen molar-refractivity contribution in [3.8, 4) is 0 Å². The number of ketones is 3. The molecule has 642 valence electrons. The van der Waals surface area contributed by atoms with Gasteiger partial charge in [-0.15, -0.1) is 0 Å². The van der Waals surface area contributed by atoms with E-state index in [4.69, 9.17) is 13.9 Å². The smallest absolute Gasteiger partial charge is 0.328 e. The van der Waals surface area contributed by atoms with Gasteiger partial charge in [-0.1, -0.05) is 197 Å². The molecule has 0 aromatic heterocycles. The number of hydrogen-bond donors (Lipinski definition) is 2. The van der Waals surface area contributed by atoms with E-state index in [-0.39, 0.29) is 111 Å². The number of benzene rings is 2. The average Bonchev–Trinajstić information content (AvgIpc) is 0.742. The summed E-state index contributed by atoms with van der Waals surface area (Å²) in [4.78, 5) is 197. The van der Waals surface area contributed by atoms with Crippen molar-refractivity contribution in [1.29, 1.82) is 0 Å². The van der Waals surface area contributed by atoms with Gasteiger partial charge >= 0.3 is 11.9 Å². The molecule has 0 unspecified atom stereocenters. The third-order valence-corrected chi connectivity index (χ3v) is 27.2. The molecule has 0 bridgehead atoms. The van der Waals surface area contributed by atoms with E-state index in [1.54, 1.807) is 89.7 Å². The van der Waals surface area contributed by atoms with E-state index in [1.165, 1.54) is 71.4 Å². The number of nitrogens with one attached hydrogen (secondary N) is 2. The molecule has 2 N–H and O–H groups in total. The van der Waals surface area contributed by atoms with Crippen molar-refractivity contribution in [2.24, 2.45) is 59.2 Å². The molecule has 114 heavy (non-hydrogen) atoms. The minimum atomic E-state index is -3.11. The lowest BCUT2D eigenvalue weighted by molar-refractivity contribution is -0.164. The Bertz CT molecular complexity index is 3490. The van der Waals surface area contributed by atoms with Crippen LogP contribution < -0.4 is 21.0 Å². The lowest BCUT2D eigenvalue weighted by atomic mass is 9.83. The Morgan fingerprint density at radius 2 is 0.965 bits per heavy atom. The third kappa shape index (κ3) is 28.4. The maximum absolute atomic E-state index is 15.4. The van der Waals surface area contributed by atoms with E-state index >= 15 is 24.0 Å². The number of carbonyl (C=O) groups is 13. The van der Waals surface area contributed by atoms with Crippen molar-refractivity contribution in [1.82, 2.24) is 44.9 Å². The number of carbonyl (C=O) groups excluding carboxylic acids is 13. The standard InChI is InChI=1S/C88H145N9O16Si/c1-31-33-40-59(13)79(113-65(19)99)78(80(103)90-69(32-2)87(110)111-46-45-91(24)64(18)98)97(30)86(109)76(58(11)12)95(28)85(108)72(49-56(7)8)94(27)84(107)71(48-55(5)6)93(26)81(104)61(15)51-73(100)60(14)50-74(101)70(47-54(3)4)92(25)83(106)68(57(9)10)52-75(102)77(96(29)82(105)63(17)89-23)62(16)53-112-114(88(20,21)22,66-41-36-34-37-42-66)67-43-38-35-39-44-67/h31,33-39,41-44,54-63,68-72,76-79,89H,32,40,45-53H2,1-30H3,(H,90,103)/b33-31+/t59-,60-,61+,62+,63-,68+,69+,70+,71+,72+,76+,77+,78+,79-/m1/s1. The number of likely N-dealkylation sites (N-methyl/N-ethyl adjacent to an activating group) is 8. The highest BCUT2D eigenvalue weighted by molar-refractivity contribution is 6.99. The van der Waals surface area contributed by atoms with Crippen molar-refractivity contribution in [3.05, 3.63) is 72.8 Å². The fraction of sp³-hybridized carbons (Fsp3) is 0.693. The first kappa shape index (κ1) is 102. The summed E-state index contributed by atoms with van der Waals surface area (Å²) in [5.41, 5.74) is 0. The number of amides is 8. The van der Waals surface area contributed by atoms with Crippen LogP contribution in [0.25, 0.3) is 0 Å². The molecule has 0 radical (unpaired) electrons. The zero-order valence-electron chi connectivity index (χ0n) is 74.8. The monoisotopic (exact) mass is 1610 g/mol. The number of allylic oxidation sites excluding steroid dienone is 2. The van der Waals surface area contributed by atoms with Crippen molar-refractivity contribution in [3.63, 3.8) is 0 Å². The van der Waals surface area contributed by atoms with Gasteiger partial charge in [-0.25, -0.2) is 4.79 Å². The summed E-state index contributed by atoms with van der Waals surface area (Å²) in [6.07, 6.45) is 2.44. The Labute approximate surface area is 684 Å². The predicted octanol–water partition coefficient (Wildman–Crippen LogP) is 9.44. The van der Waals surface area contributed by atoms with Gasteiger partial charge in [-0.05, 0) is 104 Å². The number of rotatable bonds is 48. The first-order chi connectivity index (χ1) is 52.9. The maximum atomic E-state index is 15.4. The van der Waals surface area contributed by atoms with Crippen LogP contribution in [0.1, 0.15) is 204 Å². The lowest BCUT2D eigenvalue weighted by Crippen LogP contribution is -2.67. The Morgan fingerprint density at radius 3 is 1.40 bits per heavy atom. The fourth-order valence-electron chi connectivity index (χ4n) is 15.1. The third-order valence-electron chi connectivity index (χ3n) is 22.2. The largest absolute Gasteiger partial charge is 0.462 e. The molecule has 2 rings (SSSR count). The molecule has 0 saturated carbocycles. The Morgan fingerprint density at radius 1 is 0.509 bits per heavy atom. The summed E-state index contributed by atoms with van der Waals surface area (Å²) >= 11 is 0. The maximum Gasteiger partial charge on any atom is 0.328 e. The molecule has 2 aromatic rings. The highest BCUT2D eigenvalue weighted by atomic mass is 28.4. The van der Waals surface area contributed by atoms with Gasteiger partial charge in [0.25, 0.3) is 8.32 Å². The summed E-state index contributed by atoms with van der Waals surface area (Å²) in [6.45, 7) is 39.6. The molecule has 0 fully saturated rings. The van der Waals surface area contributed by atoms with Crippen molar-refractivity contribution in [2.45, 2.75) is 263 Å². The second-order valence-corrected chi connectivity index (χ2v) is 39.1. The van der Waals surface area contributed by atoms with Crippen molar-refractivity contribution in [2.75, 3.05) is 76.1 Å². The number of hydrogen-bond acceptors (Lipinski definition) is 17. The molecule has 0 aliphatic carbocycles. The SMILES string of the molecule is C/C=C/C[C@@H](C)[C@@H](OC(C)=O)[C@@H](C(=O)N[C@@H](CC)C(=O)OCCN(C)C(C)=O)N(C)C(=O)[C@H](C(C)C)N(C)C(=O)[C@H](CC(C)C)N(C)C(=O)[C@H](CC(C)C)N(C)C(=O)[C@@H](C)CC(=O)[C@H](C)CC(=O)[C@H](CC(C)C)N(C)C(=O)[C@@H](CC(=O)[C@H]([C@@H](C)CO[Si](c1ccccc1)(c1ccccc1)C(C)(C)C)N(C)C(=O)[C@@H](C)NC)C(C)C. The summed E-state index contributed by atoms with van der Waals surface area (Å²) in [5.74, 6) is -12.3. The van der Waals surface area contributed by atoms with Gasteiger partial charge < -0.3 is 58.8 Å². The Kier molecular flexibility index (Phi) is 42.4. The van der Waals surface area contributed by atoms with Crippen LogP contribution in [0.3, 0.4) is 0 Å². The van der Waals surface area contributed by atoms with Crippen LogP contribution >= 0.6 is 0 Å². The van der Waals surface area contributed by atoms with Crippen molar-refractivity contribution >= 4 is 95.2 Å². The minimum absolute atomic E-state index is 0.0662. The summed E-state index contributed by atoms with van der Waals surface area (Å²) in [6, 6.07) is 11.2. The fourth-order valence-corrected chi connectivity index (χ4v) is 19.8. The Hall–Kier alpha value is -7.97. The average molecular weight is 1610 g/mol. The highest BCUT2D eigenvalue weighted by Crippen LogP contribution is 2.38. The molecule has 26 heteroatoms. The number of Topliss-reactive ketones (excluding diaryl/α,β-unsaturated/α-hetero) is 3. The van der Waals surface area contributed by atoms with Crippen LogP contribution in [-0.4, -0.2) is 250 Å². The molecule has 0 spiro atoms. The van der Waals surface area contributed by atoms with E-state index in [2.05, 4.69) is 55.7 Å². The van der Waals surface area contributed by atoms with E-state index < -0.39 is 157 Å². The van der Waals surface area contributed by atoms with Gasteiger partial charge in [0.15, 0.2) is 11.6 Å². The second kappa shape index (κ2) is 47.3. The van der Waals surface area contributed by atoms with Crippen LogP contribution in [0, 0.1) is 59.2 Å². The number of ether oxygens (including phenoxy) is 2. The van der Waals surface area contributed by atoms with Crippen molar-refractivity contribution < 1.29 is 76.2 Å². The molecule has 0 aliphatic heterocycles. The van der Waals surface area contributed by atoms with E-state index in [1.807, 2.05) is 105 Å². The van der Waals surface area contributed by atoms with Crippen LogP contribution in [0.2, 0.25) is 5.04 Å². The van der Waals surface area contributed by atoms with Gasteiger partial charge in [0.2, 0.25) is 47.3 Å². The van der Waals surface area contributed by atoms with Crippen LogP contribution in [0.5, 0.6) is 0 Å². The molecular weight excluding hydrogens is 1470 g/mol. The molecule has 0 heterocycles. The van der Waals surface area contributed by atoms with Crippen LogP contribution in [0.4, 0.5) is 0 Å². The molecule has 25 nitrogen and oxygen atoms in total. The molecular formula is C88H145N9O16Si. The van der Waals surface area contributed by atoms with Gasteiger partial charge in [0.05, 0.1) is 24.7 Å². The van der Waals surface area contributed by atoms with Crippen LogP contribution in [-0.2, 0) is 76.2 Å². The molecule has 0 saturated heterocycles. The van der Waals surface area contributed by atoms with Crippen LogP contribution in [0.15, 0.2) is 72.8 Å². The molecule has 0 aliphatic rings. The van der Waals surface area contributed by atoms with E-state index in [9.17, 15) is 38.4 Å².